The van der Waals surface area contributed by atoms with E-state index in [0.29, 0.717) is 11.6 Å². The van der Waals surface area contributed by atoms with Crippen LogP contribution in [0.4, 0.5) is 17.6 Å². The topological polar surface area (TPSA) is 74.6 Å². The molecule has 2 aromatic carbocycles. The van der Waals surface area contributed by atoms with E-state index in [-0.39, 0.29) is 34.3 Å². The quantitative estimate of drug-likeness (QED) is 0.647. The van der Waals surface area contributed by atoms with Gasteiger partial charge in [-0.3, -0.25) is 0 Å². The fourth-order valence-electron chi connectivity index (χ4n) is 2.29. The molecule has 0 saturated carbocycles. The number of nitriles is 1. The fourth-order valence-corrected chi connectivity index (χ4v) is 2.52. The molecule has 0 bridgehead atoms. The number of ether oxygens (including phenoxy) is 1. The van der Waals surface area contributed by atoms with Gasteiger partial charge in [0.05, 0.1) is 5.56 Å². The first-order chi connectivity index (χ1) is 12.8. The summed E-state index contributed by atoms with van der Waals surface area (Å²) in [5.41, 5.74) is -0.314. The molecular formula is C17H9ClF4N4O. The Morgan fingerprint density at radius 2 is 1.96 bits per heavy atom. The average molecular weight is 397 g/mol. The van der Waals surface area contributed by atoms with Crippen molar-refractivity contribution >= 4 is 11.6 Å². The van der Waals surface area contributed by atoms with Crippen LogP contribution in [0, 0.1) is 17.1 Å². The van der Waals surface area contributed by atoms with Gasteiger partial charge < -0.3 is 4.74 Å². The van der Waals surface area contributed by atoms with Crippen molar-refractivity contribution in [2.24, 2.45) is 0 Å². The molecule has 0 atom stereocenters. The van der Waals surface area contributed by atoms with E-state index in [2.05, 4.69) is 15.4 Å². The number of aromatic amines is 1. The number of halogens is 5. The van der Waals surface area contributed by atoms with Crippen molar-refractivity contribution in [3.05, 3.63) is 64.1 Å². The second-order valence-electron chi connectivity index (χ2n) is 5.42. The number of hydrogen-bond acceptors (Lipinski definition) is 4. The summed E-state index contributed by atoms with van der Waals surface area (Å²) in [5, 5.41) is 19.1. The molecule has 0 spiro atoms. The number of nitrogens with zero attached hydrogens (tertiary/aromatic N) is 3. The number of H-pyrrole nitrogens is 1. The van der Waals surface area contributed by atoms with Gasteiger partial charge in [0.15, 0.2) is 5.69 Å². The molecule has 10 heteroatoms. The summed E-state index contributed by atoms with van der Waals surface area (Å²) >= 11 is 6.03. The number of rotatable bonds is 4. The van der Waals surface area contributed by atoms with E-state index in [0.717, 1.165) is 12.1 Å². The van der Waals surface area contributed by atoms with Gasteiger partial charge in [-0.15, -0.1) is 5.10 Å². The molecule has 0 aliphatic carbocycles. The number of aromatic nitrogens is 3. The molecule has 5 nitrogen and oxygen atoms in total. The summed E-state index contributed by atoms with van der Waals surface area (Å²) in [5.74, 6) is -0.806. The predicted octanol–water partition coefficient (Wildman–Crippen LogP) is 4.73. The Morgan fingerprint density at radius 1 is 1.19 bits per heavy atom. The molecule has 0 fully saturated rings. The maximum Gasteiger partial charge on any atom is 0.416 e. The highest BCUT2D eigenvalue weighted by Crippen LogP contribution is 2.31. The Balaban J connectivity index is 1.82. The summed E-state index contributed by atoms with van der Waals surface area (Å²) < 4.78 is 57.1. The molecular weight excluding hydrogens is 388 g/mol. The zero-order chi connectivity index (χ0) is 19.6. The van der Waals surface area contributed by atoms with E-state index in [1.807, 2.05) is 6.07 Å². The highest BCUT2D eigenvalue weighted by Gasteiger charge is 2.31. The zero-order valence-electron chi connectivity index (χ0n) is 13.3. The predicted molar refractivity (Wildman–Crippen MR) is 87.3 cm³/mol. The molecule has 0 radical (unpaired) electrons. The van der Waals surface area contributed by atoms with E-state index in [1.165, 1.54) is 18.2 Å². The normalized spacial score (nSPS) is 11.3. The smallest absolute Gasteiger partial charge is 0.416 e. The molecule has 1 aromatic heterocycles. The maximum absolute atomic E-state index is 13.9. The van der Waals surface area contributed by atoms with Crippen LogP contribution in [-0.4, -0.2) is 15.4 Å². The third-order valence-electron chi connectivity index (χ3n) is 3.58. The number of hydrogen-bond donors (Lipinski definition) is 1. The van der Waals surface area contributed by atoms with Gasteiger partial charge in [-0.2, -0.15) is 18.4 Å². The lowest BCUT2D eigenvalue weighted by molar-refractivity contribution is -0.137. The van der Waals surface area contributed by atoms with Crippen molar-refractivity contribution in [3.63, 3.8) is 0 Å². The minimum Gasteiger partial charge on any atom is -0.489 e. The molecule has 27 heavy (non-hydrogen) atoms. The van der Waals surface area contributed by atoms with Crippen molar-refractivity contribution in [2.45, 2.75) is 12.8 Å². The maximum atomic E-state index is 13.9. The zero-order valence-corrected chi connectivity index (χ0v) is 14.1. The minimum atomic E-state index is -4.63. The lowest BCUT2D eigenvalue weighted by Crippen LogP contribution is -2.07. The van der Waals surface area contributed by atoms with E-state index >= 15 is 0 Å². The first kappa shape index (κ1) is 18.7. The SMILES string of the molecule is N#Cc1[nH]nnc1-c1cc(Cl)cc(OCc2ccc(C(F)(F)F)cc2F)c1. The molecule has 0 aliphatic rings. The monoisotopic (exact) mass is 396 g/mol. The molecule has 0 saturated heterocycles. The van der Waals surface area contributed by atoms with Crippen LogP contribution in [0.5, 0.6) is 5.75 Å². The summed E-state index contributed by atoms with van der Waals surface area (Å²) in [6.07, 6.45) is -4.63. The molecule has 0 aliphatic heterocycles. The van der Waals surface area contributed by atoms with E-state index < -0.39 is 17.6 Å². The van der Waals surface area contributed by atoms with Gasteiger partial charge in [0.2, 0.25) is 0 Å². The van der Waals surface area contributed by atoms with Gasteiger partial charge in [0.25, 0.3) is 0 Å². The van der Waals surface area contributed by atoms with Gasteiger partial charge >= 0.3 is 6.18 Å². The standard InChI is InChI=1S/C17H9ClF4N4O/c18-12-3-10(16-15(7-23)24-26-25-16)4-13(6-12)27-8-9-1-2-11(5-14(9)19)17(20,21)22/h1-6H,8H2,(H,24,25,26). The van der Waals surface area contributed by atoms with Gasteiger partial charge in [0, 0.05) is 16.1 Å². The van der Waals surface area contributed by atoms with Crippen LogP contribution in [0.3, 0.4) is 0 Å². The Labute approximate surface area is 155 Å². The van der Waals surface area contributed by atoms with E-state index in [1.54, 1.807) is 0 Å². The van der Waals surface area contributed by atoms with Crippen LogP contribution in [-0.2, 0) is 12.8 Å². The Bertz CT molecular complexity index is 1030. The lowest BCUT2D eigenvalue weighted by Gasteiger charge is -2.11. The van der Waals surface area contributed by atoms with Crippen molar-refractivity contribution in [1.29, 1.82) is 5.26 Å². The highest BCUT2D eigenvalue weighted by molar-refractivity contribution is 6.31. The third kappa shape index (κ3) is 4.17. The van der Waals surface area contributed by atoms with Crippen molar-refractivity contribution in [2.75, 3.05) is 0 Å². The highest BCUT2D eigenvalue weighted by atomic mass is 35.5. The van der Waals surface area contributed by atoms with Gasteiger partial charge in [0.1, 0.15) is 29.9 Å². The van der Waals surface area contributed by atoms with Crippen molar-refractivity contribution in [1.82, 2.24) is 15.4 Å². The fraction of sp³-hybridized carbons (Fsp3) is 0.118. The number of nitrogens with one attached hydrogen (secondary N) is 1. The molecule has 3 aromatic rings. The second-order valence-corrected chi connectivity index (χ2v) is 5.85. The van der Waals surface area contributed by atoms with Crippen LogP contribution >= 0.6 is 11.6 Å². The first-order valence-electron chi connectivity index (χ1n) is 7.38. The van der Waals surface area contributed by atoms with E-state index in [4.69, 9.17) is 21.6 Å². The number of alkyl halides is 3. The average Bonchev–Trinajstić information content (AvgIpc) is 3.08. The van der Waals surface area contributed by atoms with Crippen LogP contribution < -0.4 is 4.74 Å². The largest absolute Gasteiger partial charge is 0.489 e. The molecule has 1 heterocycles. The number of benzene rings is 2. The molecule has 0 amide bonds. The van der Waals surface area contributed by atoms with Crippen LogP contribution in [0.15, 0.2) is 36.4 Å². The Morgan fingerprint density at radius 3 is 2.63 bits per heavy atom. The van der Waals surface area contributed by atoms with Gasteiger partial charge in [-0.05, 0) is 30.3 Å². The van der Waals surface area contributed by atoms with E-state index in [9.17, 15) is 17.6 Å². The molecule has 0 unspecified atom stereocenters. The van der Waals surface area contributed by atoms with Crippen LogP contribution in [0.1, 0.15) is 16.8 Å². The van der Waals surface area contributed by atoms with Gasteiger partial charge in [-0.1, -0.05) is 22.9 Å². The van der Waals surface area contributed by atoms with Crippen LogP contribution in [0.2, 0.25) is 5.02 Å². The van der Waals surface area contributed by atoms with Crippen LogP contribution in [0.25, 0.3) is 11.3 Å². The summed E-state index contributed by atoms with van der Waals surface area (Å²) in [6, 6.07) is 8.57. The van der Waals surface area contributed by atoms with Gasteiger partial charge in [-0.25, -0.2) is 9.49 Å². The third-order valence-corrected chi connectivity index (χ3v) is 3.80. The second kappa shape index (κ2) is 7.25. The molecule has 138 valence electrons. The Kier molecular flexibility index (Phi) is 5.01. The molecule has 1 N–H and O–H groups in total. The lowest BCUT2D eigenvalue weighted by atomic mass is 10.1. The Hall–Kier alpha value is -3.12. The van der Waals surface area contributed by atoms with Crippen molar-refractivity contribution < 1.29 is 22.3 Å². The first-order valence-corrected chi connectivity index (χ1v) is 7.76. The van der Waals surface area contributed by atoms with Crippen molar-refractivity contribution in [3.8, 4) is 23.1 Å². The molecule has 3 rings (SSSR count). The minimum absolute atomic E-state index is 0.0522. The summed E-state index contributed by atoms with van der Waals surface area (Å²) in [7, 11) is 0. The summed E-state index contributed by atoms with van der Waals surface area (Å²) in [4.78, 5) is 0. The summed E-state index contributed by atoms with van der Waals surface area (Å²) in [6.45, 7) is -0.312.